The van der Waals surface area contributed by atoms with Gasteiger partial charge in [0.15, 0.2) is 0 Å². The van der Waals surface area contributed by atoms with Gasteiger partial charge in [0.05, 0.1) is 6.04 Å². The van der Waals surface area contributed by atoms with Crippen molar-refractivity contribution >= 4 is 39.1 Å². The fraction of sp³-hybridized carbons (Fsp3) is 0.143. The van der Waals surface area contributed by atoms with Crippen LogP contribution in [0, 0.1) is 5.82 Å². The van der Waals surface area contributed by atoms with Crippen molar-refractivity contribution in [2.45, 2.75) is 12.5 Å². The summed E-state index contributed by atoms with van der Waals surface area (Å²) in [5.74, 6) is 5.24. The van der Waals surface area contributed by atoms with Crippen LogP contribution < -0.4 is 11.3 Å². The van der Waals surface area contributed by atoms with E-state index >= 15 is 0 Å². The van der Waals surface area contributed by atoms with Gasteiger partial charge in [-0.2, -0.15) is 0 Å². The van der Waals surface area contributed by atoms with Gasteiger partial charge in [0, 0.05) is 20.1 Å². The summed E-state index contributed by atoms with van der Waals surface area (Å²) in [4.78, 5) is 0. The summed E-state index contributed by atoms with van der Waals surface area (Å²) in [6, 6.07) is 9.66. The lowest BCUT2D eigenvalue weighted by Crippen LogP contribution is -2.30. The first-order chi connectivity index (χ1) is 9.52. The molecule has 0 fully saturated rings. The number of nitrogens with one attached hydrogen (secondary N) is 1. The number of benzene rings is 2. The van der Waals surface area contributed by atoms with E-state index in [9.17, 15) is 4.39 Å². The van der Waals surface area contributed by atoms with Crippen LogP contribution in [0.3, 0.4) is 0 Å². The molecule has 0 saturated carbocycles. The summed E-state index contributed by atoms with van der Waals surface area (Å²) in [6.07, 6.45) is 0.320. The van der Waals surface area contributed by atoms with E-state index in [1.54, 1.807) is 24.3 Å². The van der Waals surface area contributed by atoms with E-state index in [0.29, 0.717) is 22.0 Å². The normalized spacial score (nSPS) is 12.4. The van der Waals surface area contributed by atoms with E-state index in [0.717, 1.165) is 10.0 Å². The molecular weight excluding hydrogens is 366 g/mol. The maximum atomic E-state index is 13.9. The second-order valence-corrected chi connectivity index (χ2v) is 5.99. The molecule has 1 atom stereocenters. The molecule has 2 aromatic carbocycles. The van der Waals surface area contributed by atoms with E-state index in [1.165, 1.54) is 6.07 Å². The Morgan fingerprint density at radius 3 is 2.65 bits per heavy atom. The lowest BCUT2D eigenvalue weighted by atomic mass is 9.99. The van der Waals surface area contributed by atoms with Crippen LogP contribution in [0.5, 0.6) is 0 Å². The maximum Gasteiger partial charge on any atom is 0.127 e. The number of hydrogen-bond acceptors (Lipinski definition) is 2. The molecule has 0 bridgehead atoms. The van der Waals surface area contributed by atoms with Crippen LogP contribution in [-0.2, 0) is 6.42 Å². The molecule has 0 spiro atoms. The molecule has 106 valence electrons. The topological polar surface area (TPSA) is 38.0 Å². The first-order valence-corrected chi connectivity index (χ1v) is 7.41. The summed E-state index contributed by atoms with van der Waals surface area (Å²) in [5, 5.41) is 0.964. The van der Waals surface area contributed by atoms with E-state index < -0.39 is 0 Å². The quantitative estimate of drug-likeness (QED) is 0.601. The van der Waals surface area contributed by atoms with Gasteiger partial charge in [-0.1, -0.05) is 45.2 Å². The standard InChI is InChI=1S/C14H12BrCl2FN2/c15-11-5-4-8(16)6-9(11)14(20-19)7-10-12(17)2-1-3-13(10)18/h1-6,14,20H,7,19H2. The van der Waals surface area contributed by atoms with E-state index in [2.05, 4.69) is 21.4 Å². The second kappa shape index (κ2) is 6.87. The lowest BCUT2D eigenvalue weighted by Gasteiger charge is -2.19. The molecule has 2 nitrogen and oxygen atoms in total. The molecule has 0 saturated heterocycles. The summed E-state index contributed by atoms with van der Waals surface area (Å²) >= 11 is 15.5. The predicted molar refractivity (Wildman–Crippen MR) is 84.3 cm³/mol. The van der Waals surface area contributed by atoms with E-state index in [-0.39, 0.29) is 11.9 Å². The molecule has 0 amide bonds. The third kappa shape index (κ3) is 3.51. The van der Waals surface area contributed by atoms with Crippen LogP contribution in [0.4, 0.5) is 4.39 Å². The molecular formula is C14H12BrCl2FN2. The summed E-state index contributed by atoms with van der Waals surface area (Å²) in [6.45, 7) is 0. The van der Waals surface area contributed by atoms with Crippen molar-refractivity contribution in [2.75, 3.05) is 0 Å². The van der Waals surface area contributed by atoms with Gasteiger partial charge in [0.1, 0.15) is 5.82 Å². The molecule has 3 N–H and O–H groups in total. The highest BCUT2D eigenvalue weighted by Gasteiger charge is 2.18. The monoisotopic (exact) mass is 376 g/mol. The van der Waals surface area contributed by atoms with Gasteiger partial charge in [-0.3, -0.25) is 11.3 Å². The van der Waals surface area contributed by atoms with Crippen molar-refractivity contribution in [2.24, 2.45) is 5.84 Å². The number of hydrogen-bond donors (Lipinski definition) is 2. The smallest absolute Gasteiger partial charge is 0.127 e. The molecule has 2 rings (SSSR count). The molecule has 0 aromatic heterocycles. The van der Waals surface area contributed by atoms with Crippen molar-refractivity contribution in [1.82, 2.24) is 5.43 Å². The average Bonchev–Trinajstić information content (AvgIpc) is 2.42. The lowest BCUT2D eigenvalue weighted by molar-refractivity contribution is 0.528. The zero-order valence-electron chi connectivity index (χ0n) is 10.3. The van der Waals surface area contributed by atoms with Crippen LogP contribution in [0.15, 0.2) is 40.9 Å². The Bertz CT molecular complexity index is 602. The third-order valence-corrected chi connectivity index (χ3v) is 4.32. The summed E-state index contributed by atoms with van der Waals surface area (Å²) < 4.78 is 14.7. The SMILES string of the molecule is NNC(Cc1c(F)cccc1Cl)c1cc(Cl)ccc1Br. The van der Waals surface area contributed by atoms with Crippen LogP contribution in [0.1, 0.15) is 17.2 Å². The summed E-state index contributed by atoms with van der Waals surface area (Å²) in [7, 11) is 0. The minimum absolute atomic E-state index is 0.308. The minimum Gasteiger partial charge on any atom is -0.271 e. The molecule has 20 heavy (non-hydrogen) atoms. The number of hydrazine groups is 1. The zero-order valence-corrected chi connectivity index (χ0v) is 13.4. The van der Waals surface area contributed by atoms with Gasteiger partial charge >= 0.3 is 0 Å². The van der Waals surface area contributed by atoms with Gasteiger partial charge < -0.3 is 0 Å². The highest BCUT2D eigenvalue weighted by atomic mass is 79.9. The molecule has 0 aliphatic heterocycles. The van der Waals surface area contributed by atoms with Gasteiger partial charge in [0.25, 0.3) is 0 Å². The molecule has 6 heteroatoms. The van der Waals surface area contributed by atoms with Crippen molar-refractivity contribution in [3.63, 3.8) is 0 Å². The van der Waals surface area contributed by atoms with Gasteiger partial charge in [-0.15, -0.1) is 0 Å². The highest BCUT2D eigenvalue weighted by Crippen LogP contribution is 2.31. The van der Waals surface area contributed by atoms with Crippen LogP contribution >= 0.6 is 39.1 Å². The van der Waals surface area contributed by atoms with Crippen LogP contribution in [0.2, 0.25) is 10.0 Å². The Morgan fingerprint density at radius 2 is 2.00 bits per heavy atom. The minimum atomic E-state index is -0.351. The molecule has 2 aromatic rings. The third-order valence-electron chi connectivity index (χ3n) is 3.00. The Labute approximate surface area is 135 Å². The Hall–Kier alpha value is -0.650. The van der Waals surface area contributed by atoms with Crippen molar-refractivity contribution in [1.29, 1.82) is 0 Å². The number of rotatable bonds is 4. The predicted octanol–water partition coefficient (Wildman–Crippen LogP) is 4.64. The van der Waals surface area contributed by atoms with Gasteiger partial charge in [-0.05, 0) is 42.3 Å². The van der Waals surface area contributed by atoms with Gasteiger partial charge in [-0.25, -0.2) is 4.39 Å². The van der Waals surface area contributed by atoms with Gasteiger partial charge in [0.2, 0.25) is 0 Å². The fourth-order valence-corrected chi connectivity index (χ4v) is 2.92. The molecule has 1 unspecified atom stereocenters. The van der Waals surface area contributed by atoms with Crippen LogP contribution in [0.25, 0.3) is 0 Å². The second-order valence-electron chi connectivity index (χ2n) is 4.29. The van der Waals surface area contributed by atoms with Crippen molar-refractivity contribution in [3.05, 3.63) is 67.9 Å². The Balaban J connectivity index is 2.36. The average molecular weight is 378 g/mol. The Kier molecular flexibility index (Phi) is 5.41. The zero-order chi connectivity index (χ0) is 14.7. The number of halogens is 4. The van der Waals surface area contributed by atoms with Crippen molar-refractivity contribution < 1.29 is 4.39 Å². The van der Waals surface area contributed by atoms with Crippen LogP contribution in [-0.4, -0.2) is 0 Å². The van der Waals surface area contributed by atoms with E-state index in [1.807, 2.05) is 6.07 Å². The number of nitrogens with two attached hydrogens (primary N) is 1. The van der Waals surface area contributed by atoms with Crippen molar-refractivity contribution in [3.8, 4) is 0 Å². The highest BCUT2D eigenvalue weighted by molar-refractivity contribution is 9.10. The van der Waals surface area contributed by atoms with E-state index in [4.69, 9.17) is 29.0 Å². The molecule has 0 aliphatic carbocycles. The fourth-order valence-electron chi connectivity index (χ4n) is 1.97. The largest absolute Gasteiger partial charge is 0.271 e. The molecule has 0 heterocycles. The first kappa shape index (κ1) is 15.7. The maximum absolute atomic E-state index is 13.9. The molecule has 0 aliphatic rings. The first-order valence-electron chi connectivity index (χ1n) is 5.87. The summed E-state index contributed by atoms with van der Waals surface area (Å²) in [5.41, 5.74) is 3.94. The molecule has 0 radical (unpaired) electrons. The Morgan fingerprint density at radius 1 is 1.25 bits per heavy atom.